The summed E-state index contributed by atoms with van der Waals surface area (Å²) >= 11 is 0. The lowest BCUT2D eigenvalue weighted by Gasteiger charge is -2.13. The molecule has 0 unspecified atom stereocenters. The van der Waals surface area contributed by atoms with Crippen LogP contribution in [0.4, 0.5) is 0 Å². The van der Waals surface area contributed by atoms with Crippen molar-refractivity contribution in [1.82, 2.24) is 5.32 Å². The number of rotatable bonds is 5. The number of hydrogen-bond donors (Lipinski definition) is 2. The highest BCUT2D eigenvalue weighted by Crippen LogP contribution is 2.26. The highest BCUT2D eigenvalue weighted by atomic mass is 16.5. The molecular formula is C17H21NO3. The topological polar surface area (TPSA) is 58.6 Å². The maximum atomic E-state index is 11.9. The Bertz CT molecular complexity index is 553. The quantitative estimate of drug-likeness (QED) is 0.809. The molecule has 0 aliphatic heterocycles. The van der Waals surface area contributed by atoms with Crippen molar-refractivity contribution in [3.63, 3.8) is 0 Å². The lowest BCUT2D eigenvalue weighted by Crippen LogP contribution is -2.36. The van der Waals surface area contributed by atoms with Crippen LogP contribution >= 0.6 is 0 Å². The third-order valence-electron chi connectivity index (χ3n) is 4.19. The Morgan fingerprint density at radius 1 is 1.29 bits per heavy atom. The van der Waals surface area contributed by atoms with Crippen LogP contribution in [0.3, 0.4) is 0 Å². The molecule has 4 heteroatoms. The number of benzene rings is 1. The van der Waals surface area contributed by atoms with Gasteiger partial charge in [0.05, 0.1) is 0 Å². The number of fused-ring (bicyclic) bond motifs is 1. The Labute approximate surface area is 124 Å². The molecule has 1 aromatic carbocycles. The number of aliphatic hydroxyl groups is 1. The van der Waals surface area contributed by atoms with Gasteiger partial charge in [0.2, 0.25) is 0 Å². The van der Waals surface area contributed by atoms with Crippen LogP contribution in [0, 0.1) is 5.92 Å². The van der Waals surface area contributed by atoms with Gasteiger partial charge in [-0.3, -0.25) is 4.79 Å². The van der Waals surface area contributed by atoms with Crippen LogP contribution in [0.15, 0.2) is 30.4 Å². The molecule has 2 atom stereocenters. The second-order valence-electron chi connectivity index (χ2n) is 5.81. The van der Waals surface area contributed by atoms with Crippen LogP contribution in [0.1, 0.15) is 24.0 Å². The zero-order valence-corrected chi connectivity index (χ0v) is 12.0. The number of carbonyl (C=O) groups excluding carboxylic acids is 1. The SMILES string of the molecule is O=C(COc1ccc2c(c1)CCC2)N[C@@H]1C=C[C@H](CO)C1. The summed E-state index contributed by atoms with van der Waals surface area (Å²) in [5.41, 5.74) is 2.75. The lowest BCUT2D eigenvalue weighted by molar-refractivity contribution is -0.123. The number of carbonyl (C=O) groups is 1. The number of hydrogen-bond acceptors (Lipinski definition) is 3. The summed E-state index contributed by atoms with van der Waals surface area (Å²) in [5, 5.41) is 12.0. The normalized spacial score (nSPS) is 23.1. The number of nitrogens with one attached hydrogen (secondary N) is 1. The zero-order chi connectivity index (χ0) is 14.7. The minimum atomic E-state index is -0.122. The lowest BCUT2D eigenvalue weighted by atomic mass is 10.1. The summed E-state index contributed by atoms with van der Waals surface area (Å²) < 4.78 is 5.57. The summed E-state index contributed by atoms with van der Waals surface area (Å²) in [6.07, 6.45) is 8.12. The van der Waals surface area contributed by atoms with E-state index >= 15 is 0 Å². The van der Waals surface area contributed by atoms with Gasteiger partial charge in [-0.25, -0.2) is 0 Å². The van der Waals surface area contributed by atoms with Crippen LogP contribution in [0.2, 0.25) is 0 Å². The summed E-state index contributed by atoms with van der Waals surface area (Å²) in [4.78, 5) is 11.9. The molecule has 4 nitrogen and oxygen atoms in total. The van der Waals surface area contributed by atoms with E-state index in [9.17, 15) is 4.79 Å². The summed E-state index contributed by atoms with van der Waals surface area (Å²) in [5.74, 6) is 0.803. The molecule has 0 heterocycles. The van der Waals surface area contributed by atoms with E-state index in [0.29, 0.717) is 0 Å². The zero-order valence-electron chi connectivity index (χ0n) is 12.0. The Hall–Kier alpha value is -1.81. The van der Waals surface area contributed by atoms with Gasteiger partial charge in [0.25, 0.3) is 5.91 Å². The molecule has 2 N–H and O–H groups in total. The predicted octanol–water partition coefficient (Wildman–Crippen LogP) is 1.61. The van der Waals surface area contributed by atoms with Gasteiger partial charge in [-0.05, 0) is 48.9 Å². The molecule has 0 saturated carbocycles. The van der Waals surface area contributed by atoms with Crippen molar-refractivity contribution in [3.05, 3.63) is 41.5 Å². The van der Waals surface area contributed by atoms with Gasteiger partial charge in [-0.1, -0.05) is 18.2 Å². The van der Waals surface area contributed by atoms with Crippen LogP contribution in [-0.4, -0.2) is 30.3 Å². The molecule has 2 aliphatic carbocycles. The average Bonchev–Trinajstić information content (AvgIpc) is 3.13. The first kappa shape index (κ1) is 14.1. The largest absolute Gasteiger partial charge is 0.484 e. The van der Waals surface area contributed by atoms with Crippen molar-refractivity contribution >= 4 is 5.91 Å². The molecule has 0 fully saturated rings. The number of ether oxygens (including phenoxy) is 1. The molecule has 0 bridgehead atoms. The smallest absolute Gasteiger partial charge is 0.258 e. The van der Waals surface area contributed by atoms with Crippen molar-refractivity contribution in [2.24, 2.45) is 5.92 Å². The highest BCUT2D eigenvalue weighted by Gasteiger charge is 2.20. The van der Waals surface area contributed by atoms with E-state index < -0.39 is 0 Å². The van der Waals surface area contributed by atoms with Crippen molar-refractivity contribution in [1.29, 1.82) is 0 Å². The maximum absolute atomic E-state index is 11.9. The van der Waals surface area contributed by atoms with E-state index in [4.69, 9.17) is 9.84 Å². The Kier molecular flexibility index (Phi) is 4.25. The average molecular weight is 287 g/mol. The molecule has 0 spiro atoms. The minimum Gasteiger partial charge on any atom is -0.484 e. The molecule has 0 saturated heterocycles. The van der Waals surface area contributed by atoms with Crippen molar-refractivity contribution < 1.29 is 14.6 Å². The van der Waals surface area contributed by atoms with E-state index in [2.05, 4.69) is 11.4 Å². The van der Waals surface area contributed by atoms with Crippen molar-refractivity contribution in [2.75, 3.05) is 13.2 Å². The van der Waals surface area contributed by atoms with Crippen LogP contribution in [-0.2, 0) is 17.6 Å². The van der Waals surface area contributed by atoms with Gasteiger partial charge in [0.15, 0.2) is 6.61 Å². The first-order chi connectivity index (χ1) is 10.2. The van der Waals surface area contributed by atoms with Gasteiger partial charge < -0.3 is 15.2 Å². The third kappa shape index (κ3) is 3.45. The molecule has 0 radical (unpaired) electrons. The Balaban J connectivity index is 1.47. The third-order valence-corrected chi connectivity index (χ3v) is 4.19. The molecule has 112 valence electrons. The Morgan fingerprint density at radius 3 is 2.95 bits per heavy atom. The van der Waals surface area contributed by atoms with Gasteiger partial charge in [0, 0.05) is 18.6 Å². The fraction of sp³-hybridized carbons (Fsp3) is 0.471. The molecule has 0 aromatic heterocycles. The fourth-order valence-corrected chi connectivity index (χ4v) is 3.05. The standard InChI is InChI=1S/C17H21NO3/c19-10-12-4-6-15(8-12)18-17(20)11-21-16-7-5-13-2-1-3-14(13)9-16/h4-7,9,12,15,19H,1-3,8,10-11H2,(H,18,20)/t12-,15+/m0/s1. The molecule has 2 aliphatic rings. The minimum absolute atomic E-state index is 0.0123. The molecule has 21 heavy (non-hydrogen) atoms. The van der Waals surface area contributed by atoms with Gasteiger partial charge in [0.1, 0.15) is 5.75 Å². The van der Waals surface area contributed by atoms with E-state index in [-0.39, 0.29) is 31.1 Å². The van der Waals surface area contributed by atoms with Gasteiger partial charge in [-0.15, -0.1) is 0 Å². The van der Waals surface area contributed by atoms with Gasteiger partial charge >= 0.3 is 0 Å². The Morgan fingerprint density at radius 2 is 2.14 bits per heavy atom. The summed E-state index contributed by atoms with van der Waals surface area (Å²) in [7, 11) is 0. The number of aliphatic hydroxyl groups excluding tert-OH is 1. The molecular weight excluding hydrogens is 266 g/mol. The monoisotopic (exact) mass is 287 g/mol. The van der Waals surface area contributed by atoms with Crippen molar-refractivity contribution in [3.8, 4) is 5.75 Å². The molecule has 1 aromatic rings. The highest BCUT2D eigenvalue weighted by molar-refractivity contribution is 5.78. The number of amides is 1. The van der Waals surface area contributed by atoms with E-state index in [0.717, 1.165) is 25.0 Å². The van der Waals surface area contributed by atoms with Crippen LogP contribution < -0.4 is 10.1 Å². The number of aryl methyl sites for hydroxylation is 2. The second kappa shape index (κ2) is 6.31. The van der Waals surface area contributed by atoms with E-state index in [1.165, 1.54) is 17.5 Å². The second-order valence-corrected chi connectivity index (χ2v) is 5.81. The first-order valence-corrected chi connectivity index (χ1v) is 7.58. The molecule has 3 rings (SSSR count). The van der Waals surface area contributed by atoms with E-state index in [1.807, 2.05) is 24.3 Å². The maximum Gasteiger partial charge on any atom is 0.258 e. The summed E-state index contributed by atoms with van der Waals surface area (Å²) in [6, 6.07) is 6.10. The predicted molar refractivity (Wildman–Crippen MR) is 80.2 cm³/mol. The van der Waals surface area contributed by atoms with Crippen molar-refractivity contribution in [2.45, 2.75) is 31.7 Å². The van der Waals surface area contributed by atoms with Gasteiger partial charge in [-0.2, -0.15) is 0 Å². The molecule has 1 amide bonds. The van der Waals surface area contributed by atoms with E-state index in [1.54, 1.807) is 0 Å². The van der Waals surface area contributed by atoms with Crippen LogP contribution in [0.5, 0.6) is 5.75 Å². The summed E-state index contributed by atoms with van der Waals surface area (Å²) in [6.45, 7) is 0.168. The first-order valence-electron chi connectivity index (χ1n) is 7.58. The fourth-order valence-electron chi connectivity index (χ4n) is 3.05. The van der Waals surface area contributed by atoms with Crippen LogP contribution in [0.25, 0.3) is 0 Å².